The summed E-state index contributed by atoms with van der Waals surface area (Å²) in [6.07, 6.45) is 9.22. The Kier molecular flexibility index (Phi) is 5.73. The number of para-hydroxylation sites is 1. The van der Waals surface area contributed by atoms with Crippen molar-refractivity contribution in [3.63, 3.8) is 0 Å². The Morgan fingerprint density at radius 1 is 1.13 bits per heavy atom. The molecule has 3 N–H and O–H groups in total. The summed E-state index contributed by atoms with van der Waals surface area (Å²) in [6, 6.07) is 6.32. The molecule has 1 aliphatic heterocycles. The fourth-order valence-corrected chi connectivity index (χ4v) is 5.36. The molecule has 7 heteroatoms. The molecular weight excluding hydrogens is 394 g/mol. The standard InChI is InChI=1S/C24H35N3O4/c1-29-24(10-11-24)22(28)27-20-15-23(20)8-5-17(6-9-23)7-12-25-13-14-26-18-3-2-4-19-21(18)31-16-30-19/h2-4,17,20,25-26H,5-16H2,1H3,(H,27,28). The summed E-state index contributed by atoms with van der Waals surface area (Å²) >= 11 is 0. The average Bonchev–Trinajstić information content (AvgIpc) is 3.66. The number of rotatable bonds is 10. The number of nitrogens with one attached hydrogen (secondary N) is 3. The van der Waals surface area contributed by atoms with E-state index >= 15 is 0 Å². The van der Waals surface area contributed by atoms with Crippen LogP contribution in [0.25, 0.3) is 0 Å². The van der Waals surface area contributed by atoms with E-state index < -0.39 is 5.60 Å². The molecule has 1 aromatic rings. The number of carbonyl (C=O) groups is 1. The van der Waals surface area contributed by atoms with Gasteiger partial charge in [-0.2, -0.15) is 0 Å². The Bertz CT molecular complexity index is 802. The monoisotopic (exact) mass is 429 g/mol. The highest BCUT2D eigenvalue weighted by molar-refractivity contribution is 5.88. The first-order valence-corrected chi connectivity index (χ1v) is 11.8. The van der Waals surface area contributed by atoms with E-state index in [1.54, 1.807) is 7.11 Å². The zero-order valence-electron chi connectivity index (χ0n) is 18.5. The molecule has 1 atom stereocenters. The Morgan fingerprint density at radius 2 is 1.97 bits per heavy atom. The quantitative estimate of drug-likeness (QED) is 0.496. The zero-order chi connectivity index (χ0) is 21.3. The molecule has 3 aliphatic carbocycles. The van der Waals surface area contributed by atoms with Crippen molar-refractivity contribution in [2.75, 3.05) is 38.9 Å². The van der Waals surface area contributed by atoms with E-state index in [0.29, 0.717) is 18.2 Å². The van der Waals surface area contributed by atoms with Crippen molar-refractivity contribution in [3.05, 3.63) is 18.2 Å². The average molecular weight is 430 g/mol. The lowest BCUT2D eigenvalue weighted by Gasteiger charge is -2.30. The van der Waals surface area contributed by atoms with Crippen LogP contribution in [0, 0.1) is 11.3 Å². The number of hydrogen-bond donors (Lipinski definition) is 3. The van der Waals surface area contributed by atoms with Gasteiger partial charge in [0.1, 0.15) is 5.60 Å². The molecular formula is C24H35N3O4. The van der Waals surface area contributed by atoms with Crippen molar-refractivity contribution < 1.29 is 19.0 Å². The fraction of sp³-hybridized carbons (Fsp3) is 0.708. The molecule has 0 bridgehead atoms. The SMILES string of the molecule is COC1(C(=O)NC2CC23CCC(CCNCCNc2cccc4c2OCO4)CC3)CC1. The van der Waals surface area contributed by atoms with Gasteiger partial charge in [-0.15, -0.1) is 0 Å². The van der Waals surface area contributed by atoms with Gasteiger partial charge in [-0.25, -0.2) is 0 Å². The van der Waals surface area contributed by atoms with Crippen LogP contribution >= 0.6 is 0 Å². The van der Waals surface area contributed by atoms with Gasteiger partial charge in [-0.05, 0) is 81.4 Å². The molecule has 3 saturated carbocycles. The maximum Gasteiger partial charge on any atom is 0.252 e. The summed E-state index contributed by atoms with van der Waals surface area (Å²) in [5.41, 5.74) is 0.886. The molecule has 31 heavy (non-hydrogen) atoms. The summed E-state index contributed by atoms with van der Waals surface area (Å²) in [5, 5.41) is 10.3. The first-order chi connectivity index (χ1) is 15.1. The van der Waals surface area contributed by atoms with E-state index in [-0.39, 0.29) is 5.91 Å². The predicted octanol–water partition coefficient (Wildman–Crippen LogP) is 3.05. The number of methoxy groups -OCH3 is 1. The smallest absolute Gasteiger partial charge is 0.252 e. The molecule has 3 fully saturated rings. The van der Waals surface area contributed by atoms with Gasteiger partial charge in [0.25, 0.3) is 5.91 Å². The van der Waals surface area contributed by atoms with Crippen LogP contribution in [0.15, 0.2) is 18.2 Å². The van der Waals surface area contributed by atoms with Gasteiger partial charge in [-0.3, -0.25) is 4.79 Å². The van der Waals surface area contributed by atoms with Crippen molar-refractivity contribution >= 4 is 11.6 Å². The van der Waals surface area contributed by atoms with Gasteiger partial charge in [-0.1, -0.05) is 6.07 Å². The Balaban J connectivity index is 0.948. The second-order valence-electron chi connectivity index (χ2n) is 9.74. The van der Waals surface area contributed by atoms with Gasteiger partial charge < -0.3 is 30.2 Å². The van der Waals surface area contributed by atoms with Gasteiger partial charge in [0.2, 0.25) is 6.79 Å². The van der Waals surface area contributed by atoms with Crippen molar-refractivity contribution in [1.82, 2.24) is 10.6 Å². The maximum atomic E-state index is 12.4. The predicted molar refractivity (Wildman–Crippen MR) is 118 cm³/mol. The third-order valence-corrected chi connectivity index (χ3v) is 7.85. The third kappa shape index (κ3) is 4.35. The molecule has 0 saturated heterocycles. The molecule has 5 rings (SSSR count). The number of benzene rings is 1. The third-order valence-electron chi connectivity index (χ3n) is 7.85. The molecule has 4 aliphatic rings. The normalized spacial score (nSPS) is 29.6. The minimum atomic E-state index is -0.497. The van der Waals surface area contributed by atoms with Crippen LogP contribution in [-0.4, -0.2) is 51.1 Å². The van der Waals surface area contributed by atoms with E-state index in [1.165, 1.54) is 32.1 Å². The van der Waals surface area contributed by atoms with Crippen LogP contribution < -0.4 is 25.4 Å². The molecule has 1 heterocycles. The molecule has 1 amide bonds. The molecule has 0 aromatic heterocycles. The Morgan fingerprint density at radius 3 is 2.74 bits per heavy atom. The number of hydrogen-bond acceptors (Lipinski definition) is 6. The highest BCUT2D eigenvalue weighted by Crippen LogP contribution is 2.58. The highest BCUT2D eigenvalue weighted by Gasteiger charge is 2.58. The van der Waals surface area contributed by atoms with E-state index in [4.69, 9.17) is 14.2 Å². The van der Waals surface area contributed by atoms with Crippen LogP contribution in [0.3, 0.4) is 0 Å². The summed E-state index contributed by atoms with van der Waals surface area (Å²) in [4.78, 5) is 12.4. The number of amides is 1. The summed E-state index contributed by atoms with van der Waals surface area (Å²) in [7, 11) is 1.65. The number of anilines is 1. The van der Waals surface area contributed by atoms with Gasteiger partial charge in [0.15, 0.2) is 11.5 Å². The molecule has 0 radical (unpaired) electrons. The van der Waals surface area contributed by atoms with Crippen molar-refractivity contribution in [3.8, 4) is 11.5 Å². The van der Waals surface area contributed by atoms with Crippen molar-refractivity contribution in [1.29, 1.82) is 0 Å². The lowest BCUT2D eigenvalue weighted by atomic mass is 9.78. The molecule has 1 unspecified atom stereocenters. The maximum absolute atomic E-state index is 12.4. The first kappa shape index (κ1) is 20.9. The summed E-state index contributed by atoms with van der Waals surface area (Å²) < 4.78 is 16.4. The lowest BCUT2D eigenvalue weighted by molar-refractivity contribution is -0.133. The molecule has 1 aromatic carbocycles. The molecule has 1 spiro atoms. The number of carbonyl (C=O) groups excluding carboxylic acids is 1. The molecule has 170 valence electrons. The van der Waals surface area contributed by atoms with Gasteiger partial charge >= 0.3 is 0 Å². The lowest BCUT2D eigenvalue weighted by Crippen LogP contribution is -2.41. The Labute approximate surface area is 184 Å². The molecule has 7 nitrogen and oxygen atoms in total. The summed E-state index contributed by atoms with van der Waals surface area (Å²) in [5.74, 6) is 2.56. The van der Waals surface area contributed by atoms with Gasteiger partial charge in [0.05, 0.1) is 5.69 Å². The van der Waals surface area contributed by atoms with Crippen LogP contribution in [0.5, 0.6) is 11.5 Å². The van der Waals surface area contributed by atoms with Crippen molar-refractivity contribution in [2.45, 2.75) is 63.0 Å². The van der Waals surface area contributed by atoms with E-state index in [1.807, 2.05) is 18.2 Å². The topological polar surface area (TPSA) is 80.9 Å². The number of fused-ring (bicyclic) bond motifs is 1. The highest BCUT2D eigenvalue weighted by atomic mass is 16.7. The van der Waals surface area contributed by atoms with Gasteiger partial charge in [0, 0.05) is 26.2 Å². The van der Waals surface area contributed by atoms with E-state index in [2.05, 4.69) is 16.0 Å². The van der Waals surface area contributed by atoms with Crippen LogP contribution in [-0.2, 0) is 9.53 Å². The largest absolute Gasteiger partial charge is 0.454 e. The van der Waals surface area contributed by atoms with E-state index in [0.717, 1.165) is 62.0 Å². The van der Waals surface area contributed by atoms with Crippen LogP contribution in [0.2, 0.25) is 0 Å². The minimum absolute atomic E-state index is 0.122. The zero-order valence-corrected chi connectivity index (χ0v) is 18.5. The van der Waals surface area contributed by atoms with Crippen LogP contribution in [0.4, 0.5) is 5.69 Å². The van der Waals surface area contributed by atoms with E-state index in [9.17, 15) is 4.79 Å². The minimum Gasteiger partial charge on any atom is -0.454 e. The second kappa shape index (κ2) is 8.51. The first-order valence-electron chi connectivity index (χ1n) is 11.8. The fourth-order valence-electron chi connectivity index (χ4n) is 5.36. The van der Waals surface area contributed by atoms with Crippen LogP contribution in [0.1, 0.15) is 51.4 Å². The van der Waals surface area contributed by atoms with Crippen molar-refractivity contribution in [2.24, 2.45) is 11.3 Å². The number of ether oxygens (including phenoxy) is 3. The Hall–Kier alpha value is -1.99. The second-order valence-corrected chi connectivity index (χ2v) is 9.74. The summed E-state index contributed by atoms with van der Waals surface area (Å²) in [6.45, 7) is 3.15.